The molecule has 0 spiro atoms. The van der Waals surface area contributed by atoms with Crippen LogP contribution in [0.15, 0.2) is 24.3 Å². The van der Waals surface area contributed by atoms with Crippen molar-refractivity contribution in [1.29, 1.82) is 0 Å². The molecule has 1 N–H and O–H groups in total. The Morgan fingerprint density at radius 1 is 1.31 bits per heavy atom. The predicted molar refractivity (Wildman–Crippen MR) is 113 cm³/mol. The van der Waals surface area contributed by atoms with Gasteiger partial charge in [-0.2, -0.15) is 0 Å². The van der Waals surface area contributed by atoms with Crippen molar-refractivity contribution in [1.82, 2.24) is 9.97 Å². The van der Waals surface area contributed by atoms with Crippen LogP contribution in [0.3, 0.4) is 0 Å². The van der Waals surface area contributed by atoms with Crippen molar-refractivity contribution < 1.29 is 9.53 Å². The summed E-state index contributed by atoms with van der Waals surface area (Å²) < 4.78 is 5.91. The third-order valence-corrected chi connectivity index (χ3v) is 5.95. The first-order valence-corrected chi connectivity index (χ1v) is 10.0. The van der Waals surface area contributed by atoms with Crippen molar-refractivity contribution in [2.75, 3.05) is 23.9 Å². The van der Waals surface area contributed by atoms with Gasteiger partial charge >= 0.3 is 0 Å². The highest BCUT2D eigenvalue weighted by molar-refractivity contribution is 6.02. The van der Waals surface area contributed by atoms with E-state index in [1.54, 1.807) is 0 Å². The summed E-state index contributed by atoms with van der Waals surface area (Å²) in [4.78, 5) is 23.4. The van der Waals surface area contributed by atoms with Gasteiger partial charge in [0.15, 0.2) is 5.82 Å². The van der Waals surface area contributed by atoms with Crippen LogP contribution in [-0.2, 0) is 11.2 Å². The minimum Gasteiger partial charge on any atom is -0.493 e. The molecule has 2 aliphatic rings. The quantitative estimate of drug-likeness (QED) is 0.794. The van der Waals surface area contributed by atoms with Crippen LogP contribution < -0.4 is 15.0 Å². The van der Waals surface area contributed by atoms with Crippen LogP contribution in [0.2, 0.25) is 0 Å². The first-order valence-electron chi connectivity index (χ1n) is 10.0. The van der Waals surface area contributed by atoms with Gasteiger partial charge < -0.3 is 15.0 Å². The van der Waals surface area contributed by atoms with E-state index in [1.165, 1.54) is 0 Å². The fraction of sp³-hybridized carbons (Fsp3) is 0.435. The number of rotatable bonds is 5. The maximum Gasteiger partial charge on any atom is 0.246 e. The summed E-state index contributed by atoms with van der Waals surface area (Å²) in [5, 5.41) is 2.93. The van der Waals surface area contributed by atoms with Crippen LogP contribution >= 0.6 is 0 Å². The van der Waals surface area contributed by atoms with Crippen LogP contribution in [0, 0.1) is 31.1 Å². The van der Waals surface area contributed by atoms with Crippen LogP contribution in [0.25, 0.3) is 0 Å². The number of aryl methyl sites for hydroxylation is 1. The van der Waals surface area contributed by atoms with Crippen LogP contribution in [0.4, 0.5) is 11.5 Å². The number of likely N-dealkylation sites (N-methyl/N-ethyl adjacent to an activating group) is 1. The van der Waals surface area contributed by atoms with Gasteiger partial charge in [0.25, 0.3) is 0 Å². The molecule has 1 aliphatic carbocycles. The fourth-order valence-corrected chi connectivity index (χ4v) is 4.02. The van der Waals surface area contributed by atoms with E-state index in [4.69, 9.17) is 16.1 Å². The molecule has 150 valence electrons. The highest BCUT2D eigenvalue weighted by Crippen LogP contribution is 2.37. The average Bonchev–Trinajstić information content (AvgIpc) is 2.69. The second-order valence-electron chi connectivity index (χ2n) is 8.09. The molecule has 1 saturated carbocycles. The number of carbonyl (C=O) groups is 1. The molecule has 0 unspecified atom stereocenters. The Hall–Kier alpha value is -3.07. The van der Waals surface area contributed by atoms with Gasteiger partial charge in [-0.15, -0.1) is 6.42 Å². The smallest absolute Gasteiger partial charge is 0.246 e. The maximum absolute atomic E-state index is 12.0. The SMILES string of the molecule is C#Cc1cccc(OCC2CC(Cc3nc(C)c4c(n3)N(C)[C@@H](C)C(=O)N4)C2)c1. The van der Waals surface area contributed by atoms with Crippen molar-refractivity contribution in [3.63, 3.8) is 0 Å². The maximum atomic E-state index is 12.0. The molecule has 0 bridgehead atoms. The lowest BCUT2D eigenvalue weighted by Gasteiger charge is -2.36. The summed E-state index contributed by atoms with van der Waals surface area (Å²) in [6.45, 7) is 4.52. The minimum atomic E-state index is -0.233. The normalized spacial score (nSPS) is 22.9. The van der Waals surface area contributed by atoms with E-state index >= 15 is 0 Å². The number of hydrogen-bond acceptors (Lipinski definition) is 5. The second kappa shape index (κ2) is 7.75. The highest BCUT2D eigenvalue weighted by atomic mass is 16.5. The van der Waals surface area contributed by atoms with Gasteiger partial charge in [-0.3, -0.25) is 4.79 Å². The zero-order valence-electron chi connectivity index (χ0n) is 17.1. The standard InChI is InChI=1S/C23H26N4O2/c1-5-16-7-6-8-19(11-16)29-13-18-9-17(10-18)12-20-24-14(2)21-22(25-20)27(4)15(3)23(28)26-21/h1,6-8,11,15,17-18H,9-10,12-13H2,2-4H3,(H,26,28)/t15-,17?,18?/m0/s1. The number of carbonyl (C=O) groups excluding carboxylic acids is 1. The molecule has 0 saturated heterocycles. The van der Waals surface area contributed by atoms with E-state index in [-0.39, 0.29) is 11.9 Å². The van der Waals surface area contributed by atoms with Crippen molar-refractivity contribution in [2.45, 2.75) is 39.2 Å². The van der Waals surface area contributed by atoms with E-state index < -0.39 is 0 Å². The predicted octanol–water partition coefficient (Wildman–Crippen LogP) is 3.19. The van der Waals surface area contributed by atoms with Crippen molar-refractivity contribution in [3.8, 4) is 18.1 Å². The van der Waals surface area contributed by atoms with E-state index in [0.29, 0.717) is 18.4 Å². The number of aromatic nitrogens is 2. The number of nitrogens with zero attached hydrogens (tertiary/aromatic N) is 3. The molecule has 1 fully saturated rings. The van der Waals surface area contributed by atoms with Crippen molar-refractivity contribution in [2.24, 2.45) is 11.8 Å². The summed E-state index contributed by atoms with van der Waals surface area (Å²) in [5.74, 6) is 6.22. The molecule has 1 aromatic carbocycles. The molecule has 2 heterocycles. The molecule has 4 rings (SSSR count). The largest absolute Gasteiger partial charge is 0.493 e. The van der Waals surface area contributed by atoms with Gasteiger partial charge in [-0.05, 0) is 56.7 Å². The van der Waals surface area contributed by atoms with Gasteiger partial charge in [0.2, 0.25) is 5.91 Å². The summed E-state index contributed by atoms with van der Waals surface area (Å²) in [7, 11) is 1.91. The van der Waals surface area contributed by atoms with Gasteiger partial charge in [0, 0.05) is 19.0 Å². The molecule has 1 atom stereocenters. The monoisotopic (exact) mass is 390 g/mol. The summed E-state index contributed by atoms with van der Waals surface area (Å²) in [6, 6.07) is 7.43. The number of benzene rings is 1. The molecule has 2 aromatic rings. The molecule has 1 aromatic heterocycles. The molecule has 0 radical (unpaired) electrons. The Labute approximate surface area is 171 Å². The topological polar surface area (TPSA) is 67.4 Å². The number of nitrogens with one attached hydrogen (secondary N) is 1. The highest BCUT2D eigenvalue weighted by Gasteiger charge is 2.33. The minimum absolute atomic E-state index is 0.0194. The molecule has 1 aliphatic heterocycles. The Balaban J connectivity index is 1.33. The lowest BCUT2D eigenvalue weighted by Crippen LogP contribution is -2.45. The number of amides is 1. The molecule has 1 amide bonds. The summed E-state index contributed by atoms with van der Waals surface area (Å²) in [6.07, 6.45) is 8.51. The van der Waals surface area contributed by atoms with Crippen molar-refractivity contribution >= 4 is 17.4 Å². The fourth-order valence-electron chi connectivity index (χ4n) is 4.02. The number of terminal acetylenes is 1. The number of anilines is 2. The zero-order valence-corrected chi connectivity index (χ0v) is 17.1. The average molecular weight is 390 g/mol. The van der Waals surface area contributed by atoms with Gasteiger partial charge in [-0.25, -0.2) is 9.97 Å². The van der Waals surface area contributed by atoms with E-state index in [0.717, 1.165) is 53.6 Å². The Bertz CT molecular complexity index is 975. The molecule has 6 nitrogen and oxygen atoms in total. The Morgan fingerprint density at radius 2 is 2.10 bits per heavy atom. The number of ether oxygens (including phenoxy) is 1. The number of hydrogen-bond donors (Lipinski definition) is 1. The molecular formula is C23H26N4O2. The lowest BCUT2D eigenvalue weighted by molar-refractivity contribution is -0.117. The first-order chi connectivity index (χ1) is 13.9. The van der Waals surface area contributed by atoms with Gasteiger partial charge in [0.1, 0.15) is 23.3 Å². The van der Waals surface area contributed by atoms with E-state index in [9.17, 15) is 4.79 Å². The first kappa shape index (κ1) is 19.3. The molecule has 29 heavy (non-hydrogen) atoms. The summed E-state index contributed by atoms with van der Waals surface area (Å²) >= 11 is 0. The Morgan fingerprint density at radius 3 is 2.86 bits per heavy atom. The lowest BCUT2D eigenvalue weighted by atomic mass is 9.73. The Kier molecular flexibility index (Phi) is 5.14. The third kappa shape index (κ3) is 3.91. The summed E-state index contributed by atoms with van der Waals surface area (Å²) in [5.41, 5.74) is 2.39. The van der Waals surface area contributed by atoms with Gasteiger partial charge in [0.05, 0.1) is 12.3 Å². The second-order valence-corrected chi connectivity index (χ2v) is 8.09. The molecule has 6 heteroatoms. The third-order valence-electron chi connectivity index (χ3n) is 5.95. The zero-order chi connectivity index (χ0) is 20.5. The molecular weight excluding hydrogens is 364 g/mol. The van der Waals surface area contributed by atoms with E-state index in [1.807, 2.05) is 50.1 Å². The van der Waals surface area contributed by atoms with Crippen LogP contribution in [0.1, 0.15) is 36.8 Å². The van der Waals surface area contributed by atoms with Crippen LogP contribution in [0.5, 0.6) is 5.75 Å². The number of fused-ring (bicyclic) bond motifs is 1. The van der Waals surface area contributed by atoms with Crippen molar-refractivity contribution in [3.05, 3.63) is 41.3 Å². The van der Waals surface area contributed by atoms with E-state index in [2.05, 4.69) is 16.2 Å². The van der Waals surface area contributed by atoms with Crippen LogP contribution in [-0.4, -0.2) is 35.6 Å². The van der Waals surface area contributed by atoms with Gasteiger partial charge in [-0.1, -0.05) is 12.0 Å².